The quantitative estimate of drug-likeness (QED) is 0.481. The van der Waals surface area contributed by atoms with Gasteiger partial charge in [-0.15, -0.1) is 0 Å². The molecule has 0 N–H and O–H groups in total. The van der Waals surface area contributed by atoms with E-state index in [2.05, 4.69) is 4.99 Å². The van der Waals surface area contributed by atoms with E-state index in [1.807, 2.05) is 6.07 Å². The molecule has 0 saturated heterocycles. The zero-order valence-corrected chi connectivity index (χ0v) is 15.3. The van der Waals surface area contributed by atoms with Crippen molar-refractivity contribution in [2.75, 3.05) is 0 Å². The van der Waals surface area contributed by atoms with Crippen LogP contribution in [0.4, 0.5) is 18.9 Å². The molecule has 3 aromatic rings. The number of rotatable bonds is 3. The first kappa shape index (κ1) is 18.6. The highest BCUT2D eigenvalue weighted by Gasteiger charge is 2.50. The Bertz CT molecular complexity index is 1020. The molecule has 0 amide bonds. The number of benzene rings is 3. The summed E-state index contributed by atoms with van der Waals surface area (Å²) in [5.41, 5.74) is -0.0947. The Balaban J connectivity index is 1.99. The van der Waals surface area contributed by atoms with Gasteiger partial charge in [-0.1, -0.05) is 60.1 Å². The first-order chi connectivity index (χ1) is 13.4. The molecule has 0 aromatic heterocycles. The lowest BCUT2D eigenvalue weighted by molar-refractivity contribution is -0.167. The topological polar surface area (TPSA) is 21.6 Å². The first-order valence-electron chi connectivity index (χ1n) is 8.63. The van der Waals surface area contributed by atoms with E-state index < -0.39 is 18.2 Å². The third-order valence-electron chi connectivity index (χ3n) is 4.60. The van der Waals surface area contributed by atoms with Crippen molar-refractivity contribution in [2.24, 2.45) is 4.99 Å². The van der Waals surface area contributed by atoms with Gasteiger partial charge in [-0.05, 0) is 30.3 Å². The molecule has 1 aliphatic rings. The number of aliphatic imine (C=N–C) groups is 1. The number of fused-ring (bicyclic) bond motifs is 1. The lowest BCUT2D eigenvalue weighted by Crippen LogP contribution is -2.40. The van der Waals surface area contributed by atoms with Crippen LogP contribution in [0.25, 0.3) is 0 Å². The van der Waals surface area contributed by atoms with Crippen LogP contribution in [-0.4, -0.2) is 12.1 Å². The van der Waals surface area contributed by atoms with Gasteiger partial charge < -0.3 is 4.74 Å². The molecule has 1 heterocycles. The van der Waals surface area contributed by atoms with Crippen LogP contribution in [0.1, 0.15) is 23.1 Å². The van der Waals surface area contributed by atoms with Crippen molar-refractivity contribution in [2.45, 2.75) is 18.2 Å². The van der Waals surface area contributed by atoms with Crippen LogP contribution >= 0.6 is 11.6 Å². The lowest BCUT2D eigenvalue weighted by atomic mass is 9.81. The summed E-state index contributed by atoms with van der Waals surface area (Å²) >= 11 is 6.13. The van der Waals surface area contributed by atoms with Crippen LogP contribution in [0.15, 0.2) is 83.9 Å². The smallest absolute Gasteiger partial charge is 0.393 e. The number of alkyl halides is 3. The van der Waals surface area contributed by atoms with E-state index in [4.69, 9.17) is 16.3 Å². The van der Waals surface area contributed by atoms with Crippen LogP contribution in [0.5, 0.6) is 0 Å². The average molecular weight is 402 g/mol. The molecule has 6 heteroatoms. The van der Waals surface area contributed by atoms with Gasteiger partial charge in [0.05, 0.1) is 12.1 Å². The minimum Gasteiger partial charge on any atom is -0.460 e. The summed E-state index contributed by atoms with van der Waals surface area (Å²) < 4.78 is 47.3. The molecule has 1 aliphatic heterocycles. The van der Waals surface area contributed by atoms with E-state index >= 15 is 0 Å². The van der Waals surface area contributed by atoms with Crippen molar-refractivity contribution in [1.29, 1.82) is 0 Å². The monoisotopic (exact) mass is 401 g/mol. The van der Waals surface area contributed by atoms with E-state index in [0.29, 0.717) is 27.4 Å². The van der Waals surface area contributed by atoms with Crippen molar-refractivity contribution in [3.63, 3.8) is 0 Å². The van der Waals surface area contributed by atoms with Crippen LogP contribution in [0, 0.1) is 0 Å². The molecule has 0 radical (unpaired) electrons. The number of halogens is 4. The van der Waals surface area contributed by atoms with Crippen LogP contribution in [0.3, 0.4) is 0 Å². The summed E-state index contributed by atoms with van der Waals surface area (Å²) in [5, 5.41) is 0.322. The SMILES string of the molecule is FC(F)(F)CC1(c2ccccc2)OC(c2ccccc2)=Nc2ccc(Cl)cc21. The summed E-state index contributed by atoms with van der Waals surface area (Å²) in [4.78, 5) is 4.48. The Hall–Kier alpha value is -2.79. The summed E-state index contributed by atoms with van der Waals surface area (Å²) in [6.45, 7) is 0. The minimum atomic E-state index is -4.48. The molecule has 0 aliphatic carbocycles. The minimum absolute atomic E-state index is 0.142. The highest BCUT2D eigenvalue weighted by atomic mass is 35.5. The van der Waals surface area contributed by atoms with Gasteiger partial charge in [0.15, 0.2) is 5.60 Å². The fourth-order valence-corrected chi connectivity index (χ4v) is 3.60. The van der Waals surface area contributed by atoms with Gasteiger partial charge in [-0.3, -0.25) is 0 Å². The highest BCUT2D eigenvalue weighted by Crippen LogP contribution is 2.49. The van der Waals surface area contributed by atoms with E-state index in [-0.39, 0.29) is 5.90 Å². The normalized spacial score (nSPS) is 18.8. The Kier molecular flexibility index (Phi) is 4.63. The van der Waals surface area contributed by atoms with E-state index in [1.165, 1.54) is 6.07 Å². The molecule has 142 valence electrons. The van der Waals surface area contributed by atoms with Crippen molar-refractivity contribution in [3.05, 3.63) is 101 Å². The average Bonchev–Trinajstić information content (AvgIpc) is 2.68. The molecule has 2 nitrogen and oxygen atoms in total. The highest BCUT2D eigenvalue weighted by molar-refractivity contribution is 6.30. The molecular formula is C22H15ClF3NO. The third kappa shape index (κ3) is 3.50. The van der Waals surface area contributed by atoms with Gasteiger partial charge in [-0.25, -0.2) is 4.99 Å². The molecule has 0 saturated carbocycles. The maximum absolute atomic E-state index is 13.7. The molecular weight excluding hydrogens is 387 g/mol. The summed E-state index contributed by atoms with van der Waals surface area (Å²) in [5.74, 6) is 0.142. The second kappa shape index (κ2) is 6.99. The van der Waals surface area contributed by atoms with Gasteiger partial charge in [0.2, 0.25) is 5.90 Å². The second-order valence-corrected chi connectivity index (χ2v) is 6.97. The van der Waals surface area contributed by atoms with Crippen molar-refractivity contribution < 1.29 is 17.9 Å². The lowest BCUT2D eigenvalue weighted by Gasteiger charge is -2.39. The molecule has 28 heavy (non-hydrogen) atoms. The Morgan fingerprint density at radius 1 is 0.893 bits per heavy atom. The third-order valence-corrected chi connectivity index (χ3v) is 4.83. The van der Waals surface area contributed by atoms with E-state index in [9.17, 15) is 13.2 Å². The van der Waals surface area contributed by atoms with E-state index in [0.717, 1.165) is 0 Å². The van der Waals surface area contributed by atoms with Gasteiger partial charge >= 0.3 is 6.18 Å². The maximum atomic E-state index is 13.7. The predicted octanol–water partition coefficient (Wildman–Crippen LogP) is 6.64. The number of nitrogens with zero attached hydrogens (tertiary/aromatic N) is 1. The molecule has 0 bridgehead atoms. The predicted molar refractivity (Wildman–Crippen MR) is 103 cm³/mol. The summed E-state index contributed by atoms with van der Waals surface area (Å²) in [7, 11) is 0. The number of ether oxygens (including phenoxy) is 1. The summed E-state index contributed by atoms with van der Waals surface area (Å²) in [6, 6.07) is 22.0. The molecule has 1 unspecified atom stereocenters. The van der Waals surface area contributed by atoms with Gasteiger partial charge in [-0.2, -0.15) is 13.2 Å². The van der Waals surface area contributed by atoms with E-state index in [1.54, 1.807) is 66.7 Å². The molecule has 0 spiro atoms. The second-order valence-electron chi connectivity index (χ2n) is 6.53. The van der Waals surface area contributed by atoms with Crippen molar-refractivity contribution in [3.8, 4) is 0 Å². The fraction of sp³-hybridized carbons (Fsp3) is 0.136. The van der Waals surface area contributed by atoms with Crippen molar-refractivity contribution in [1.82, 2.24) is 0 Å². The standard InChI is InChI=1S/C22H15ClF3NO/c23-17-11-12-19-18(13-17)21(14-22(24,25)26,16-9-5-2-6-10-16)28-20(27-19)15-7-3-1-4-8-15/h1-13H,14H2. The van der Waals surface area contributed by atoms with Gasteiger partial charge in [0.25, 0.3) is 0 Å². The molecule has 1 atom stereocenters. The zero-order chi connectivity index (χ0) is 19.8. The molecule has 0 fully saturated rings. The Labute approximate surface area is 165 Å². The fourth-order valence-electron chi connectivity index (χ4n) is 3.42. The zero-order valence-electron chi connectivity index (χ0n) is 14.6. The maximum Gasteiger partial charge on any atom is 0.393 e. The number of hydrogen-bond acceptors (Lipinski definition) is 2. The van der Waals surface area contributed by atoms with Crippen LogP contribution < -0.4 is 0 Å². The Morgan fingerprint density at radius 2 is 1.54 bits per heavy atom. The van der Waals surface area contributed by atoms with Gasteiger partial charge in [0.1, 0.15) is 0 Å². The van der Waals surface area contributed by atoms with Crippen molar-refractivity contribution >= 4 is 23.2 Å². The van der Waals surface area contributed by atoms with Crippen LogP contribution in [0.2, 0.25) is 5.02 Å². The molecule has 4 rings (SSSR count). The largest absolute Gasteiger partial charge is 0.460 e. The molecule has 3 aromatic carbocycles. The first-order valence-corrected chi connectivity index (χ1v) is 9.01. The van der Waals surface area contributed by atoms with Gasteiger partial charge in [0, 0.05) is 21.7 Å². The van der Waals surface area contributed by atoms with Crippen LogP contribution in [-0.2, 0) is 10.3 Å². The number of hydrogen-bond donors (Lipinski definition) is 0. The Morgan fingerprint density at radius 3 is 2.18 bits per heavy atom. The summed E-state index contributed by atoms with van der Waals surface area (Å²) in [6.07, 6.45) is -5.68.